The number of ketones is 1. The highest BCUT2D eigenvalue weighted by atomic mass is 16.6. The summed E-state index contributed by atoms with van der Waals surface area (Å²) in [6.07, 6.45) is 4.16. The number of rotatable bonds is 3. The molecule has 62 valence electrons. The standard InChI is InChI=1S/C8H13NO2/c1-2-11-9-7-4-3-5-8(10)6-7/h6,9H,2-5H2,1H3. The van der Waals surface area contributed by atoms with Crippen LogP contribution in [0.5, 0.6) is 0 Å². The van der Waals surface area contributed by atoms with E-state index in [0.717, 1.165) is 18.5 Å². The van der Waals surface area contributed by atoms with Crippen LogP contribution in [-0.4, -0.2) is 12.4 Å². The molecular weight excluding hydrogens is 142 g/mol. The summed E-state index contributed by atoms with van der Waals surface area (Å²) in [7, 11) is 0. The molecule has 0 aromatic heterocycles. The molecule has 1 aliphatic carbocycles. The molecule has 11 heavy (non-hydrogen) atoms. The van der Waals surface area contributed by atoms with E-state index in [1.165, 1.54) is 0 Å². The van der Waals surface area contributed by atoms with E-state index in [2.05, 4.69) is 5.48 Å². The zero-order valence-corrected chi connectivity index (χ0v) is 6.72. The topological polar surface area (TPSA) is 38.3 Å². The maximum Gasteiger partial charge on any atom is 0.157 e. The summed E-state index contributed by atoms with van der Waals surface area (Å²) in [5.41, 5.74) is 3.65. The first-order valence-corrected chi connectivity index (χ1v) is 3.94. The van der Waals surface area contributed by atoms with Crippen LogP contribution in [0.1, 0.15) is 26.2 Å². The largest absolute Gasteiger partial charge is 0.295 e. The highest BCUT2D eigenvalue weighted by Gasteiger charge is 2.08. The minimum Gasteiger partial charge on any atom is -0.295 e. The summed E-state index contributed by atoms with van der Waals surface area (Å²) in [4.78, 5) is 15.8. The summed E-state index contributed by atoms with van der Waals surface area (Å²) < 4.78 is 0. The number of carbonyl (C=O) groups is 1. The van der Waals surface area contributed by atoms with Crippen LogP contribution in [0.25, 0.3) is 0 Å². The molecule has 0 spiro atoms. The molecule has 0 saturated carbocycles. The second kappa shape index (κ2) is 4.13. The first-order chi connectivity index (χ1) is 5.33. The lowest BCUT2D eigenvalue weighted by molar-refractivity contribution is -0.115. The molecule has 0 unspecified atom stereocenters. The number of hydrogen-bond donors (Lipinski definition) is 1. The monoisotopic (exact) mass is 155 g/mol. The quantitative estimate of drug-likeness (QED) is 0.621. The Labute approximate surface area is 66.4 Å². The molecule has 0 aromatic carbocycles. The fourth-order valence-electron chi connectivity index (χ4n) is 1.04. The Morgan fingerprint density at radius 2 is 2.45 bits per heavy atom. The summed E-state index contributed by atoms with van der Waals surface area (Å²) in [5, 5.41) is 0. The van der Waals surface area contributed by atoms with E-state index in [1.807, 2.05) is 6.92 Å². The van der Waals surface area contributed by atoms with Crippen LogP contribution in [0, 0.1) is 0 Å². The maximum absolute atomic E-state index is 10.9. The zero-order chi connectivity index (χ0) is 8.10. The van der Waals surface area contributed by atoms with Crippen molar-refractivity contribution in [2.24, 2.45) is 0 Å². The Bertz CT molecular complexity index is 175. The third-order valence-electron chi connectivity index (χ3n) is 1.55. The number of hydrogen-bond acceptors (Lipinski definition) is 3. The molecule has 0 amide bonds. The number of allylic oxidation sites excluding steroid dienone is 2. The fraction of sp³-hybridized carbons (Fsp3) is 0.625. The Kier molecular flexibility index (Phi) is 3.11. The normalized spacial score (nSPS) is 17.9. The van der Waals surface area contributed by atoms with Gasteiger partial charge in [0, 0.05) is 18.2 Å². The minimum atomic E-state index is 0.193. The van der Waals surface area contributed by atoms with Crippen LogP contribution in [0.4, 0.5) is 0 Å². The second-order valence-corrected chi connectivity index (χ2v) is 2.52. The van der Waals surface area contributed by atoms with Crippen molar-refractivity contribution in [3.63, 3.8) is 0 Å². The van der Waals surface area contributed by atoms with Crippen molar-refractivity contribution in [3.05, 3.63) is 11.8 Å². The lowest BCUT2D eigenvalue weighted by Crippen LogP contribution is -2.18. The van der Waals surface area contributed by atoms with Gasteiger partial charge in [0.1, 0.15) is 0 Å². The molecule has 3 nitrogen and oxygen atoms in total. The summed E-state index contributed by atoms with van der Waals surface area (Å²) in [6, 6.07) is 0. The Morgan fingerprint density at radius 3 is 3.09 bits per heavy atom. The van der Waals surface area contributed by atoms with Crippen LogP contribution in [0.2, 0.25) is 0 Å². The molecule has 0 aromatic rings. The van der Waals surface area contributed by atoms with Gasteiger partial charge in [-0.15, -0.1) is 0 Å². The first kappa shape index (κ1) is 8.27. The summed E-state index contributed by atoms with van der Waals surface area (Å²) in [6.45, 7) is 2.52. The highest BCUT2D eigenvalue weighted by molar-refractivity contribution is 5.90. The van der Waals surface area contributed by atoms with Gasteiger partial charge in [0.2, 0.25) is 0 Å². The van der Waals surface area contributed by atoms with Crippen LogP contribution in [-0.2, 0) is 9.63 Å². The summed E-state index contributed by atoms with van der Waals surface area (Å²) >= 11 is 0. The van der Waals surface area contributed by atoms with Crippen molar-refractivity contribution in [1.82, 2.24) is 5.48 Å². The van der Waals surface area contributed by atoms with E-state index < -0.39 is 0 Å². The van der Waals surface area contributed by atoms with Gasteiger partial charge in [-0.25, -0.2) is 0 Å². The van der Waals surface area contributed by atoms with Gasteiger partial charge in [-0.1, -0.05) is 0 Å². The van der Waals surface area contributed by atoms with Gasteiger partial charge in [-0.2, -0.15) is 0 Å². The fourth-order valence-corrected chi connectivity index (χ4v) is 1.04. The second-order valence-electron chi connectivity index (χ2n) is 2.52. The highest BCUT2D eigenvalue weighted by Crippen LogP contribution is 2.11. The van der Waals surface area contributed by atoms with Crippen LogP contribution < -0.4 is 5.48 Å². The van der Waals surface area contributed by atoms with Gasteiger partial charge in [0.25, 0.3) is 0 Å². The number of nitrogens with one attached hydrogen (secondary N) is 1. The van der Waals surface area contributed by atoms with Crippen molar-refractivity contribution < 1.29 is 9.63 Å². The third-order valence-corrected chi connectivity index (χ3v) is 1.55. The molecule has 0 atom stereocenters. The Morgan fingerprint density at radius 1 is 1.64 bits per heavy atom. The van der Waals surface area contributed by atoms with Crippen LogP contribution in [0.15, 0.2) is 11.8 Å². The lowest BCUT2D eigenvalue weighted by Gasteiger charge is -2.12. The average molecular weight is 155 g/mol. The smallest absolute Gasteiger partial charge is 0.157 e. The van der Waals surface area contributed by atoms with Gasteiger partial charge in [0.05, 0.1) is 6.61 Å². The lowest BCUT2D eigenvalue weighted by atomic mass is 10.0. The molecule has 1 N–H and O–H groups in total. The van der Waals surface area contributed by atoms with E-state index >= 15 is 0 Å². The van der Waals surface area contributed by atoms with Crippen LogP contribution >= 0.6 is 0 Å². The van der Waals surface area contributed by atoms with Crippen molar-refractivity contribution in [2.75, 3.05) is 6.61 Å². The van der Waals surface area contributed by atoms with Crippen molar-refractivity contribution >= 4 is 5.78 Å². The van der Waals surface area contributed by atoms with E-state index in [4.69, 9.17) is 4.84 Å². The molecule has 1 aliphatic rings. The number of carbonyl (C=O) groups excluding carboxylic acids is 1. The molecular formula is C8H13NO2. The van der Waals surface area contributed by atoms with E-state index in [0.29, 0.717) is 13.0 Å². The minimum absolute atomic E-state index is 0.193. The predicted molar refractivity (Wildman–Crippen MR) is 41.7 cm³/mol. The van der Waals surface area contributed by atoms with Crippen LogP contribution in [0.3, 0.4) is 0 Å². The van der Waals surface area contributed by atoms with E-state index in [9.17, 15) is 4.79 Å². The molecule has 0 fully saturated rings. The van der Waals surface area contributed by atoms with Gasteiger partial charge in [-0.3, -0.25) is 15.1 Å². The van der Waals surface area contributed by atoms with Gasteiger partial charge >= 0.3 is 0 Å². The molecule has 0 radical (unpaired) electrons. The van der Waals surface area contributed by atoms with Gasteiger partial charge in [-0.05, 0) is 19.8 Å². The van der Waals surface area contributed by atoms with Gasteiger partial charge in [0.15, 0.2) is 5.78 Å². The third kappa shape index (κ3) is 2.72. The van der Waals surface area contributed by atoms with Crippen molar-refractivity contribution in [2.45, 2.75) is 26.2 Å². The molecule has 0 aliphatic heterocycles. The Hall–Kier alpha value is -0.830. The maximum atomic E-state index is 10.9. The molecule has 0 heterocycles. The van der Waals surface area contributed by atoms with Gasteiger partial charge < -0.3 is 0 Å². The predicted octanol–water partition coefficient (Wildman–Crippen LogP) is 1.16. The summed E-state index contributed by atoms with van der Waals surface area (Å²) in [5.74, 6) is 0.193. The van der Waals surface area contributed by atoms with Crippen molar-refractivity contribution in [3.8, 4) is 0 Å². The van der Waals surface area contributed by atoms with Crippen molar-refractivity contribution in [1.29, 1.82) is 0 Å². The SMILES string of the molecule is CCONC1=CC(=O)CCC1. The van der Waals surface area contributed by atoms with E-state index in [1.54, 1.807) is 6.08 Å². The Balaban J connectivity index is 2.37. The number of hydroxylamine groups is 1. The molecule has 3 heteroatoms. The zero-order valence-electron chi connectivity index (χ0n) is 6.72. The molecule has 0 bridgehead atoms. The average Bonchev–Trinajstić information content (AvgIpc) is 2.01. The molecule has 1 rings (SSSR count). The van der Waals surface area contributed by atoms with E-state index in [-0.39, 0.29) is 5.78 Å². The first-order valence-electron chi connectivity index (χ1n) is 3.94. The molecule has 0 saturated heterocycles.